The zero-order chi connectivity index (χ0) is 9.26. The van der Waals surface area contributed by atoms with Crippen molar-refractivity contribution in [2.24, 2.45) is 11.8 Å². The van der Waals surface area contributed by atoms with Gasteiger partial charge in [-0.05, 0) is 0 Å². The fourth-order valence-corrected chi connectivity index (χ4v) is 4.24. The number of rotatable bonds is 4. The van der Waals surface area contributed by atoms with Crippen molar-refractivity contribution in [1.29, 1.82) is 0 Å². The Morgan fingerprint density at radius 2 is 2.38 bits per heavy atom. The van der Waals surface area contributed by atoms with Gasteiger partial charge in [-0.3, -0.25) is 0 Å². The summed E-state index contributed by atoms with van der Waals surface area (Å²) >= 11 is 2.38. The molecule has 1 saturated heterocycles. The van der Waals surface area contributed by atoms with Crippen LogP contribution < -0.4 is 17.6 Å². The number of halogens is 2. The Morgan fingerprint density at radius 1 is 1.54 bits per heavy atom. The molecule has 2 aliphatic rings. The Labute approximate surface area is 101 Å². The molecule has 2 nitrogen and oxygen atoms in total. The predicted molar refractivity (Wildman–Crippen MR) is 57.2 cm³/mol. The molecule has 0 radical (unpaired) electrons. The molecule has 1 aliphatic heterocycles. The Balaban J connectivity index is 1.73. The molecule has 0 N–H and O–H groups in total. The summed E-state index contributed by atoms with van der Waals surface area (Å²) in [6.45, 7) is 5.90. The van der Waals surface area contributed by atoms with E-state index in [2.05, 4.69) is 30.4 Å². The van der Waals surface area contributed by atoms with Gasteiger partial charge in [0.15, 0.2) is 0 Å². The van der Waals surface area contributed by atoms with Crippen LogP contribution in [0.15, 0.2) is 0 Å². The van der Waals surface area contributed by atoms with Crippen molar-refractivity contribution in [3.8, 4) is 0 Å². The normalized spacial score (nSPS) is 39.1. The van der Waals surface area contributed by atoms with E-state index in [-0.39, 0.29) is 17.6 Å². The molecule has 2 fully saturated rings. The second kappa shape index (κ2) is 4.94. The van der Waals surface area contributed by atoms with E-state index < -0.39 is 0 Å². The third-order valence-corrected chi connectivity index (χ3v) is 5.76. The molecule has 13 heavy (non-hydrogen) atoms. The minimum absolute atomic E-state index is 0.0118. The zero-order valence-electron chi connectivity index (χ0n) is 7.88. The van der Waals surface area contributed by atoms with Crippen LogP contribution in [0, 0.1) is 11.8 Å². The van der Waals surface area contributed by atoms with Crippen molar-refractivity contribution < 1.29 is 20.7 Å². The van der Waals surface area contributed by atoms with Crippen LogP contribution in [0.4, 0.5) is 0 Å². The molecule has 4 heteroatoms. The van der Waals surface area contributed by atoms with Crippen LogP contribution in [0.5, 0.6) is 0 Å². The van der Waals surface area contributed by atoms with Gasteiger partial charge < -0.3 is 0 Å². The van der Waals surface area contributed by atoms with E-state index in [0.29, 0.717) is 0 Å². The summed E-state index contributed by atoms with van der Waals surface area (Å²) in [5.74, 6) is 1.98. The first-order valence-electron chi connectivity index (χ1n) is 4.93. The maximum absolute atomic E-state index is 5.48. The monoisotopic (exact) mass is 408 g/mol. The first kappa shape index (κ1) is 10.9. The van der Waals surface area contributed by atoms with Crippen LogP contribution in [0.25, 0.3) is 0 Å². The molecule has 0 aromatic rings. The van der Waals surface area contributed by atoms with Gasteiger partial charge in [-0.2, -0.15) is 0 Å². The standard InChI is InChI=1S/C9H16I2NO/c1-7-4-9-5-8(7)6-12(9)2-3-13-11-10/h7-9H,2-6H2,1H3/q-1. The maximum atomic E-state index is 5.48. The fourth-order valence-electron chi connectivity index (χ4n) is 2.76. The van der Waals surface area contributed by atoms with Crippen LogP contribution in [0.1, 0.15) is 19.8 Å². The molecule has 2 rings (SSSR count). The second-order valence-electron chi connectivity index (χ2n) is 4.23. The van der Waals surface area contributed by atoms with E-state index in [1.807, 2.05) is 0 Å². The third-order valence-electron chi connectivity index (χ3n) is 3.51. The molecule has 2 bridgehead atoms. The van der Waals surface area contributed by atoms with Crippen molar-refractivity contribution in [3.63, 3.8) is 0 Å². The van der Waals surface area contributed by atoms with Crippen molar-refractivity contribution in [2.45, 2.75) is 25.8 Å². The van der Waals surface area contributed by atoms with Gasteiger partial charge in [-0.25, -0.2) is 0 Å². The third kappa shape index (κ3) is 2.49. The number of likely N-dealkylation sites (tertiary alicyclic amines) is 1. The van der Waals surface area contributed by atoms with E-state index in [0.717, 1.165) is 24.5 Å². The first-order chi connectivity index (χ1) is 6.31. The molecule has 0 spiro atoms. The topological polar surface area (TPSA) is 12.5 Å². The van der Waals surface area contributed by atoms with Crippen molar-refractivity contribution in [3.05, 3.63) is 0 Å². The molecular weight excluding hydrogens is 392 g/mol. The summed E-state index contributed by atoms with van der Waals surface area (Å²) in [6, 6.07) is 0.899. The van der Waals surface area contributed by atoms with E-state index in [4.69, 9.17) is 3.07 Å². The van der Waals surface area contributed by atoms with Gasteiger partial charge in [0, 0.05) is 0 Å². The summed E-state index contributed by atoms with van der Waals surface area (Å²) < 4.78 is 5.48. The molecule has 1 aliphatic carbocycles. The predicted octanol–water partition coefficient (Wildman–Crippen LogP) is -0.913. The summed E-state index contributed by atoms with van der Waals surface area (Å²) in [5, 5.41) is 0. The number of piperidine rings is 1. The van der Waals surface area contributed by atoms with E-state index in [1.54, 1.807) is 0 Å². The van der Waals surface area contributed by atoms with Crippen LogP contribution in [-0.2, 0) is 3.07 Å². The summed E-state index contributed by atoms with van der Waals surface area (Å²) in [4.78, 5) is 2.64. The van der Waals surface area contributed by atoms with Gasteiger partial charge in [-0.15, -0.1) is 0 Å². The molecular formula is C9H16I2NO-. The number of nitrogens with zero attached hydrogens (tertiary/aromatic N) is 1. The van der Waals surface area contributed by atoms with Crippen LogP contribution in [-0.4, -0.2) is 30.6 Å². The van der Waals surface area contributed by atoms with Crippen LogP contribution in [0.3, 0.4) is 0 Å². The quantitative estimate of drug-likeness (QED) is 0.442. The Morgan fingerprint density at radius 3 is 2.92 bits per heavy atom. The van der Waals surface area contributed by atoms with Crippen molar-refractivity contribution >= 4 is 18.6 Å². The number of fused-ring (bicyclic) bond motifs is 2. The fraction of sp³-hybridized carbons (Fsp3) is 1.00. The summed E-state index contributed by atoms with van der Waals surface area (Å²) in [7, 11) is 0. The SMILES string of the molecule is CC1CC2CC1CN2CCO[I-]I. The van der Waals surface area contributed by atoms with E-state index in [1.165, 1.54) is 25.9 Å². The molecule has 3 atom stereocenters. The van der Waals surface area contributed by atoms with Crippen molar-refractivity contribution in [2.75, 3.05) is 19.7 Å². The number of hydrogen-bond acceptors (Lipinski definition) is 2. The zero-order valence-corrected chi connectivity index (χ0v) is 12.2. The van der Waals surface area contributed by atoms with Gasteiger partial charge in [-0.1, -0.05) is 0 Å². The Bertz CT molecular complexity index is 177. The van der Waals surface area contributed by atoms with Gasteiger partial charge in [0.1, 0.15) is 0 Å². The Hall–Kier alpha value is 1.38. The van der Waals surface area contributed by atoms with Crippen molar-refractivity contribution in [1.82, 2.24) is 4.90 Å². The molecule has 78 valence electrons. The first-order valence-corrected chi connectivity index (χ1v) is 12.1. The molecule has 3 unspecified atom stereocenters. The van der Waals surface area contributed by atoms with Gasteiger partial charge in [0.05, 0.1) is 0 Å². The van der Waals surface area contributed by atoms with Gasteiger partial charge in [0.25, 0.3) is 0 Å². The summed E-state index contributed by atoms with van der Waals surface area (Å²) in [6.07, 6.45) is 2.89. The van der Waals surface area contributed by atoms with E-state index in [9.17, 15) is 0 Å². The molecule has 1 saturated carbocycles. The molecule has 0 aromatic carbocycles. The molecule has 0 amide bonds. The van der Waals surface area contributed by atoms with Gasteiger partial charge in [0.2, 0.25) is 0 Å². The average Bonchev–Trinajstić information content (AvgIpc) is 2.63. The average molecular weight is 408 g/mol. The van der Waals surface area contributed by atoms with E-state index >= 15 is 0 Å². The Kier molecular flexibility index (Phi) is 4.13. The molecule has 0 aromatic heterocycles. The van der Waals surface area contributed by atoms with Gasteiger partial charge >= 0.3 is 102 Å². The summed E-state index contributed by atoms with van der Waals surface area (Å²) in [5.41, 5.74) is 0. The van der Waals surface area contributed by atoms with Crippen LogP contribution in [0.2, 0.25) is 0 Å². The van der Waals surface area contributed by atoms with Crippen LogP contribution >= 0.6 is 18.6 Å². The number of hydrogen-bond donors (Lipinski definition) is 0. The molecule has 1 heterocycles. The second-order valence-corrected chi connectivity index (χ2v) is 7.42. The minimum atomic E-state index is 0.0118.